The quantitative estimate of drug-likeness (QED) is 0.522. The van der Waals surface area contributed by atoms with Crippen LogP contribution in [-0.4, -0.2) is 29.0 Å². The van der Waals surface area contributed by atoms with Gasteiger partial charge in [-0.3, -0.25) is 0 Å². The van der Waals surface area contributed by atoms with Crippen LogP contribution in [0.3, 0.4) is 0 Å². The summed E-state index contributed by atoms with van der Waals surface area (Å²) in [5.41, 5.74) is 5.98. The van der Waals surface area contributed by atoms with Crippen molar-refractivity contribution in [2.45, 2.75) is 20.8 Å². The summed E-state index contributed by atoms with van der Waals surface area (Å²) in [6.45, 7) is 6.39. The summed E-state index contributed by atoms with van der Waals surface area (Å²) in [6, 6.07) is 10.2. The van der Waals surface area contributed by atoms with E-state index < -0.39 is 0 Å². The maximum Gasteiger partial charge on any atom is 0.354 e. The highest BCUT2D eigenvalue weighted by Crippen LogP contribution is 2.37. The molecule has 2 heterocycles. The van der Waals surface area contributed by atoms with Crippen LogP contribution < -0.4 is 4.84 Å². The molecule has 0 amide bonds. The van der Waals surface area contributed by atoms with Crippen molar-refractivity contribution in [3.8, 4) is 0 Å². The molecule has 2 aromatic carbocycles. The van der Waals surface area contributed by atoms with Crippen molar-refractivity contribution in [2.75, 3.05) is 13.7 Å². The van der Waals surface area contributed by atoms with Crippen LogP contribution in [-0.2, 0) is 11.8 Å². The van der Waals surface area contributed by atoms with Gasteiger partial charge in [-0.1, -0.05) is 12.1 Å². The number of carbonyl (C=O) groups is 1. The van der Waals surface area contributed by atoms with Gasteiger partial charge in [-0.15, -0.1) is 0 Å². The number of hydrogen-bond acceptors (Lipinski definition) is 3. The summed E-state index contributed by atoms with van der Waals surface area (Å²) in [7, 11) is 3.59. The van der Waals surface area contributed by atoms with E-state index in [1.54, 1.807) is 7.11 Å². The second-order valence-corrected chi connectivity index (χ2v) is 6.59. The van der Waals surface area contributed by atoms with Crippen LogP contribution >= 0.6 is 0 Å². The van der Waals surface area contributed by atoms with Gasteiger partial charge in [0.05, 0.1) is 23.2 Å². The van der Waals surface area contributed by atoms with Crippen molar-refractivity contribution in [2.24, 2.45) is 7.05 Å². The molecule has 0 fully saturated rings. The third-order valence-electron chi connectivity index (χ3n) is 5.15. The van der Waals surface area contributed by atoms with E-state index in [4.69, 9.17) is 9.57 Å². The lowest BCUT2D eigenvalue weighted by Gasteiger charge is -2.08. The molecular weight excluding hydrogens is 328 g/mol. The van der Waals surface area contributed by atoms with E-state index in [2.05, 4.69) is 32.0 Å². The molecule has 0 unspecified atom stereocenters. The Morgan fingerprint density at radius 1 is 1.12 bits per heavy atom. The zero-order chi connectivity index (χ0) is 18.6. The SMILES string of the molecule is CCOC(=O)c1cc2cc3c(c(C)c2n1C)c1c(C)cccc1n3OC. The van der Waals surface area contributed by atoms with E-state index in [0.717, 1.165) is 32.9 Å². The highest BCUT2D eigenvalue weighted by Gasteiger charge is 2.21. The van der Waals surface area contributed by atoms with E-state index >= 15 is 0 Å². The number of rotatable bonds is 3. The van der Waals surface area contributed by atoms with Crippen LogP contribution in [0.1, 0.15) is 28.5 Å². The summed E-state index contributed by atoms with van der Waals surface area (Å²) in [4.78, 5) is 18.0. The number of ether oxygens (including phenoxy) is 1. The minimum absolute atomic E-state index is 0.300. The van der Waals surface area contributed by atoms with Gasteiger partial charge in [0.2, 0.25) is 0 Å². The van der Waals surface area contributed by atoms with E-state index in [-0.39, 0.29) is 5.97 Å². The molecule has 4 aromatic rings. The van der Waals surface area contributed by atoms with Gasteiger partial charge in [0, 0.05) is 23.2 Å². The number of carbonyl (C=O) groups excluding carboxylic acids is 1. The molecule has 0 aliphatic carbocycles. The van der Waals surface area contributed by atoms with Gasteiger partial charge >= 0.3 is 5.97 Å². The minimum atomic E-state index is -0.300. The molecule has 0 bridgehead atoms. The highest BCUT2D eigenvalue weighted by molar-refractivity contribution is 6.16. The number of aromatic nitrogens is 2. The predicted octanol–water partition coefficient (Wildman–Crippen LogP) is 4.14. The van der Waals surface area contributed by atoms with Crippen molar-refractivity contribution in [1.82, 2.24) is 9.30 Å². The number of aryl methyl sites for hydroxylation is 3. The average Bonchev–Trinajstić information content (AvgIpc) is 3.11. The minimum Gasteiger partial charge on any atom is -0.461 e. The molecule has 0 aliphatic heterocycles. The fourth-order valence-electron chi connectivity index (χ4n) is 4.08. The predicted molar refractivity (Wildman–Crippen MR) is 104 cm³/mol. The van der Waals surface area contributed by atoms with Crippen LogP contribution in [0, 0.1) is 13.8 Å². The molecule has 26 heavy (non-hydrogen) atoms. The Bertz CT molecular complexity index is 1180. The van der Waals surface area contributed by atoms with E-state index in [9.17, 15) is 4.79 Å². The largest absolute Gasteiger partial charge is 0.461 e. The topological polar surface area (TPSA) is 45.4 Å². The van der Waals surface area contributed by atoms with Gasteiger partial charge in [-0.2, -0.15) is 4.73 Å². The molecule has 134 valence electrons. The number of nitrogens with zero attached hydrogens (tertiary/aromatic N) is 2. The highest BCUT2D eigenvalue weighted by atomic mass is 16.6. The number of esters is 1. The molecule has 0 N–H and O–H groups in total. The fourth-order valence-corrected chi connectivity index (χ4v) is 4.08. The van der Waals surface area contributed by atoms with E-state index in [0.29, 0.717) is 12.3 Å². The molecule has 0 aliphatic rings. The first kappa shape index (κ1) is 16.5. The molecule has 2 aromatic heterocycles. The average molecular weight is 350 g/mol. The van der Waals surface area contributed by atoms with Gasteiger partial charge in [-0.25, -0.2) is 4.79 Å². The lowest BCUT2D eigenvalue weighted by Crippen LogP contribution is -2.09. The second kappa shape index (κ2) is 5.80. The Hall–Kier alpha value is -2.95. The van der Waals surface area contributed by atoms with Crippen molar-refractivity contribution < 1.29 is 14.4 Å². The Labute approximate surface area is 151 Å². The molecule has 0 saturated carbocycles. The number of hydrogen-bond donors (Lipinski definition) is 0. The van der Waals surface area contributed by atoms with Crippen LogP contribution in [0.4, 0.5) is 0 Å². The van der Waals surface area contributed by atoms with Gasteiger partial charge < -0.3 is 14.1 Å². The van der Waals surface area contributed by atoms with Crippen LogP contribution in [0.5, 0.6) is 0 Å². The summed E-state index contributed by atoms with van der Waals surface area (Å²) in [5, 5.41) is 3.34. The standard InChI is InChI=1S/C21H22N2O3/c1-6-26-21(24)17-11-14-10-16-19(13(3)20(14)22(17)4)18-12(2)8-7-9-15(18)23(16)25-5/h7-11H,6H2,1-5H3. The Balaban J connectivity index is 2.17. The van der Waals surface area contributed by atoms with Crippen molar-refractivity contribution in [3.05, 3.63) is 47.2 Å². The summed E-state index contributed by atoms with van der Waals surface area (Å²) in [6.07, 6.45) is 0. The monoisotopic (exact) mass is 350 g/mol. The normalized spacial score (nSPS) is 11.6. The zero-order valence-electron chi connectivity index (χ0n) is 15.7. The first-order valence-corrected chi connectivity index (χ1v) is 8.74. The number of benzene rings is 2. The van der Waals surface area contributed by atoms with Crippen LogP contribution in [0.15, 0.2) is 30.3 Å². The Morgan fingerprint density at radius 3 is 2.58 bits per heavy atom. The molecule has 0 radical (unpaired) electrons. The molecule has 5 nitrogen and oxygen atoms in total. The first-order valence-electron chi connectivity index (χ1n) is 8.74. The molecule has 0 spiro atoms. The zero-order valence-corrected chi connectivity index (χ0v) is 15.7. The Kier molecular flexibility index (Phi) is 3.68. The Morgan fingerprint density at radius 2 is 1.88 bits per heavy atom. The van der Waals surface area contributed by atoms with E-state index in [1.165, 1.54) is 10.9 Å². The summed E-state index contributed by atoms with van der Waals surface area (Å²) < 4.78 is 8.99. The van der Waals surface area contributed by atoms with Crippen molar-refractivity contribution in [1.29, 1.82) is 0 Å². The first-order chi connectivity index (χ1) is 12.5. The maximum atomic E-state index is 12.3. The van der Waals surface area contributed by atoms with Crippen molar-refractivity contribution in [3.63, 3.8) is 0 Å². The molecule has 4 rings (SSSR count). The van der Waals surface area contributed by atoms with Gasteiger partial charge in [-0.05, 0) is 50.1 Å². The van der Waals surface area contributed by atoms with Gasteiger partial charge in [0.1, 0.15) is 12.8 Å². The van der Waals surface area contributed by atoms with Crippen LogP contribution in [0.2, 0.25) is 0 Å². The van der Waals surface area contributed by atoms with Gasteiger partial charge in [0.15, 0.2) is 0 Å². The third kappa shape index (κ3) is 2.06. The van der Waals surface area contributed by atoms with E-state index in [1.807, 2.05) is 35.4 Å². The maximum absolute atomic E-state index is 12.3. The molecule has 0 atom stereocenters. The fraction of sp³-hybridized carbons (Fsp3) is 0.286. The lowest BCUT2D eigenvalue weighted by molar-refractivity contribution is 0.0516. The van der Waals surface area contributed by atoms with Crippen LogP contribution in [0.25, 0.3) is 32.7 Å². The molecule has 5 heteroatoms. The molecule has 0 saturated heterocycles. The third-order valence-corrected chi connectivity index (χ3v) is 5.15. The smallest absolute Gasteiger partial charge is 0.354 e. The number of fused-ring (bicyclic) bond motifs is 4. The van der Waals surface area contributed by atoms with Crippen molar-refractivity contribution >= 4 is 38.7 Å². The summed E-state index contributed by atoms with van der Waals surface area (Å²) >= 11 is 0. The second-order valence-electron chi connectivity index (χ2n) is 6.59. The molecular formula is C21H22N2O3. The lowest BCUT2D eigenvalue weighted by atomic mass is 10.0. The summed E-state index contributed by atoms with van der Waals surface area (Å²) in [5.74, 6) is -0.300. The van der Waals surface area contributed by atoms with Gasteiger partial charge in [0.25, 0.3) is 0 Å².